The molecule has 0 saturated heterocycles. The van der Waals surface area contributed by atoms with E-state index >= 15 is 0 Å². The molecule has 0 N–H and O–H groups in total. The minimum absolute atomic E-state index is 0.244. The van der Waals surface area contributed by atoms with Crippen LogP contribution in [0.3, 0.4) is 0 Å². The number of anilines is 6. The van der Waals surface area contributed by atoms with Crippen LogP contribution in [-0.2, 0) is 0 Å². The SMILES string of the molecule is CC(C)c1cc(N(c2ccccc2-c2ccccc2)c2cccc3c2sc2ccccc23)c2ccc3c(C(C)C)cc(N(c4ccccc4-c4ccccc4)c4cccc5c4sc4ccccc45)c4ccc1c2c34. The minimum Gasteiger partial charge on any atom is -0.308 e. The van der Waals surface area contributed by atoms with Gasteiger partial charge in [0.1, 0.15) is 0 Å². The Hall–Kier alpha value is -8.28. The lowest BCUT2D eigenvalue weighted by atomic mass is 9.84. The van der Waals surface area contributed by atoms with Crippen LogP contribution in [0.25, 0.3) is 94.9 Å². The summed E-state index contributed by atoms with van der Waals surface area (Å²) in [5, 5.41) is 12.9. The number of benzene rings is 12. The Bertz CT molecular complexity index is 4160. The summed E-state index contributed by atoms with van der Waals surface area (Å²) >= 11 is 3.79. The van der Waals surface area contributed by atoms with Crippen molar-refractivity contribution in [3.63, 3.8) is 0 Å². The molecule has 0 spiro atoms. The summed E-state index contributed by atoms with van der Waals surface area (Å²) in [6.07, 6.45) is 0. The molecule has 0 radical (unpaired) electrons. The second-order valence-corrected chi connectivity index (χ2v) is 22.4. The molecule has 0 amide bonds. The number of para-hydroxylation sites is 2. The molecule has 74 heavy (non-hydrogen) atoms. The molecular formula is C70H52N2S2. The molecule has 0 aliphatic heterocycles. The summed E-state index contributed by atoms with van der Waals surface area (Å²) in [6, 6.07) is 86.3. The van der Waals surface area contributed by atoms with Crippen molar-refractivity contribution in [1.29, 1.82) is 0 Å². The molecule has 14 rings (SSSR count). The maximum Gasteiger partial charge on any atom is 0.0640 e. The van der Waals surface area contributed by atoms with Crippen molar-refractivity contribution < 1.29 is 0 Å². The first-order valence-corrected chi connectivity index (χ1v) is 27.5. The summed E-state index contributed by atoms with van der Waals surface area (Å²) in [5.74, 6) is 0.488. The van der Waals surface area contributed by atoms with E-state index in [4.69, 9.17) is 0 Å². The van der Waals surface area contributed by atoms with Crippen molar-refractivity contribution in [2.45, 2.75) is 39.5 Å². The van der Waals surface area contributed by atoms with Gasteiger partial charge in [-0.05, 0) is 104 Å². The fraction of sp³-hybridized carbons (Fsp3) is 0.0857. The number of fused-ring (bicyclic) bond motifs is 6. The van der Waals surface area contributed by atoms with Gasteiger partial charge < -0.3 is 9.80 Å². The largest absolute Gasteiger partial charge is 0.308 e. The molecule has 14 aromatic rings. The van der Waals surface area contributed by atoms with Crippen molar-refractivity contribution >= 4 is 129 Å². The third-order valence-electron chi connectivity index (χ3n) is 15.4. The summed E-state index contributed by atoms with van der Waals surface area (Å²) in [7, 11) is 0. The zero-order valence-electron chi connectivity index (χ0n) is 41.8. The predicted octanol–water partition coefficient (Wildman–Crippen LogP) is 21.8. The smallest absolute Gasteiger partial charge is 0.0640 e. The van der Waals surface area contributed by atoms with Gasteiger partial charge in [-0.2, -0.15) is 0 Å². The van der Waals surface area contributed by atoms with Crippen LogP contribution in [0.15, 0.2) is 231 Å². The molecule has 4 heteroatoms. The van der Waals surface area contributed by atoms with E-state index in [-0.39, 0.29) is 11.8 Å². The van der Waals surface area contributed by atoms with Gasteiger partial charge in [0.25, 0.3) is 0 Å². The quantitative estimate of drug-likeness (QED) is 0.126. The van der Waals surface area contributed by atoms with Gasteiger partial charge in [0, 0.05) is 52.8 Å². The number of hydrogen-bond acceptors (Lipinski definition) is 4. The number of hydrogen-bond donors (Lipinski definition) is 0. The van der Waals surface area contributed by atoms with Gasteiger partial charge in [-0.15, -0.1) is 22.7 Å². The Morgan fingerprint density at radius 3 is 1.07 bits per heavy atom. The molecular weight excluding hydrogens is 933 g/mol. The highest BCUT2D eigenvalue weighted by Crippen LogP contribution is 2.55. The molecule has 2 nitrogen and oxygen atoms in total. The highest BCUT2D eigenvalue weighted by atomic mass is 32.1. The van der Waals surface area contributed by atoms with Crippen LogP contribution >= 0.6 is 22.7 Å². The van der Waals surface area contributed by atoms with E-state index in [1.165, 1.54) is 129 Å². The van der Waals surface area contributed by atoms with E-state index in [0.717, 1.165) is 11.4 Å². The van der Waals surface area contributed by atoms with Crippen molar-refractivity contribution in [3.05, 3.63) is 242 Å². The lowest BCUT2D eigenvalue weighted by Gasteiger charge is -2.33. The van der Waals surface area contributed by atoms with E-state index in [1.54, 1.807) is 0 Å². The molecule has 0 bridgehead atoms. The molecule has 0 atom stereocenters. The molecule has 0 aliphatic carbocycles. The first-order chi connectivity index (χ1) is 36.4. The summed E-state index contributed by atoms with van der Waals surface area (Å²) < 4.78 is 5.15. The van der Waals surface area contributed by atoms with Crippen LogP contribution in [0, 0.1) is 0 Å². The third-order valence-corrected chi connectivity index (χ3v) is 17.8. The molecule has 354 valence electrons. The monoisotopic (exact) mass is 984 g/mol. The predicted molar refractivity (Wildman–Crippen MR) is 324 cm³/mol. The fourth-order valence-electron chi connectivity index (χ4n) is 12.0. The van der Waals surface area contributed by atoms with Crippen LogP contribution in [0.2, 0.25) is 0 Å². The van der Waals surface area contributed by atoms with Gasteiger partial charge in [0.15, 0.2) is 0 Å². The lowest BCUT2D eigenvalue weighted by Crippen LogP contribution is -2.14. The molecule has 2 aromatic heterocycles. The van der Waals surface area contributed by atoms with Crippen LogP contribution < -0.4 is 9.80 Å². The zero-order chi connectivity index (χ0) is 49.6. The Kier molecular flexibility index (Phi) is 10.6. The van der Waals surface area contributed by atoms with Gasteiger partial charge in [0.2, 0.25) is 0 Å². The van der Waals surface area contributed by atoms with Gasteiger partial charge in [-0.25, -0.2) is 0 Å². The third kappa shape index (κ3) is 6.96. The summed E-state index contributed by atoms with van der Waals surface area (Å²) in [5.41, 5.74) is 14.5. The van der Waals surface area contributed by atoms with Crippen molar-refractivity contribution in [2.75, 3.05) is 9.80 Å². The Morgan fingerprint density at radius 1 is 0.284 bits per heavy atom. The highest BCUT2D eigenvalue weighted by molar-refractivity contribution is 7.26. The van der Waals surface area contributed by atoms with Crippen molar-refractivity contribution in [1.82, 2.24) is 0 Å². The fourth-order valence-corrected chi connectivity index (χ4v) is 14.4. The average Bonchev–Trinajstić information content (AvgIpc) is 4.04. The molecule has 0 saturated carbocycles. The van der Waals surface area contributed by atoms with E-state index < -0.39 is 0 Å². The van der Waals surface area contributed by atoms with Crippen molar-refractivity contribution in [2.24, 2.45) is 0 Å². The second kappa shape index (κ2) is 17.7. The lowest BCUT2D eigenvalue weighted by molar-refractivity contribution is 0.875. The normalized spacial score (nSPS) is 12.0. The van der Waals surface area contributed by atoms with Crippen LogP contribution in [-0.4, -0.2) is 0 Å². The first kappa shape index (κ1) is 44.4. The molecule has 0 fully saturated rings. The molecule has 12 aromatic carbocycles. The van der Waals surface area contributed by atoms with E-state index in [0.29, 0.717) is 0 Å². The van der Waals surface area contributed by atoms with Gasteiger partial charge in [-0.3, -0.25) is 0 Å². The minimum atomic E-state index is 0.244. The average molecular weight is 985 g/mol. The van der Waals surface area contributed by atoms with Gasteiger partial charge in [0.05, 0.1) is 43.5 Å². The molecule has 2 heterocycles. The Balaban J connectivity index is 1.13. The molecule has 0 aliphatic rings. The standard InChI is InChI=1S/C70H52N2S2/c1-43(2)57-41-63(71(59-31-15-11-25-47(59)45-21-7-5-8-22-45)61-33-19-29-53-49-27-13-17-35-65(49)73-69(53)61)55-40-38-52-58(44(3)4)42-64(56-39-37-51(57)67(55)68(52)56)72(60-32-16-12-26-48(60)46-23-9-6-10-24-46)62-34-20-30-54-50-28-14-18-36-66(50)74-70(54)62/h5-44H,1-4H3. The van der Waals surface area contributed by atoms with Gasteiger partial charge in [-0.1, -0.05) is 210 Å². The van der Waals surface area contributed by atoms with E-state index in [2.05, 4.69) is 268 Å². The van der Waals surface area contributed by atoms with Gasteiger partial charge >= 0.3 is 0 Å². The topological polar surface area (TPSA) is 6.48 Å². The van der Waals surface area contributed by atoms with Crippen LogP contribution in [0.1, 0.15) is 50.7 Å². The zero-order valence-corrected chi connectivity index (χ0v) is 43.4. The first-order valence-electron chi connectivity index (χ1n) is 25.9. The highest BCUT2D eigenvalue weighted by Gasteiger charge is 2.29. The van der Waals surface area contributed by atoms with E-state index in [1.807, 2.05) is 22.7 Å². The van der Waals surface area contributed by atoms with Crippen LogP contribution in [0.5, 0.6) is 0 Å². The second-order valence-electron chi connectivity index (χ2n) is 20.3. The number of thiophene rings is 2. The number of nitrogens with zero attached hydrogens (tertiary/aromatic N) is 2. The van der Waals surface area contributed by atoms with E-state index in [9.17, 15) is 0 Å². The Morgan fingerprint density at radius 2 is 0.635 bits per heavy atom. The summed E-state index contributed by atoms with van der Waals surface area (Å²) in [6.45, 7) is 9.46. The van der Waals surface area contributed by atoms with Crippen molar-refractivity contribution in [3.8, 4) is 22.3 Å². The maximum atomic E-state index is 2.60. The molecule has 0 unspecified atom stereocenters. The summed E-state index contributed by atoms with van der Waals surface area (Å²) in [4.78, 5) is 5.21. The van der Waals surface area contributed by atoms with Crippen LogP contribution in [0.4, 0.5) is 34.1 Å². The number of rotatable bonds is 10. The maximum absolute atomic E-state index is 2.60. The Labute approximate surface area is 440 Å².